The third kappa shape index (κ3) is 4.16. The molecule has 0 aromatic heterocycles. The average Bonchev–Trinajstić information content (AvgIpc) is 2.56. The highest BCUT2D eigenvalue weighted by atomic mass is 32.2. The van der Waals surface area contributed by atoms with Crippen LogP contribution in [0.3, 0.4) is 0 Å². The summed E-state index contributed by atoms with van der Waals surface area (Å²) in [5.41, 5.74) is 1.39. The monoisotopic (exact) mass is 308 g/mol. The van der Waals surface area contributed by atoms with Crippen LogP contribution in [-0.2, 0) is 5.75 Å². The van der Waals surface area contributed by atoms with E-state index in [2.05, 4.69) is 84.9 Å². The molecule has 21 heavy (non-hydrogen) atoms. The Kier molecular flexibility index (Phi) is 5.03. The van der Waals surface area contributed by atoms with Gasteiger partial charge in [-0.1, -0.05) is 66.4 Å². The molecule has 0 aliphatic rings. The predicted molar refractivity (Wildman–Crippen MR) is 93.0 cm³/mol. The van der Waals surface area contributed by atoms with Gasteiger partial charge in [-0.2, -0.15) is 0 Å². The molecule has 0 unspecified atom stereocenters. The van der Waals surface area contributed by atoms with Crippen LogP contribution in [0.1, 0.15) is 5.56 Å². The van der Waals surface area contributed by atoms with Crippen LogP contribution in [0, 0.1) is 0 Å². The van der Waals surface area contributed by atoms with Gasteiger partial charge in [-0.25, -0.2) is 0 Å². The molecular weight excluding hydrogens is 292 g/mol. The summed E-state index contributed by atoms with van der Waals surface area (Å²) in [7, 11) is 0. The number of thioether (sulfide) groups is 1. The van der Waals surface area contributed by atoms with Gasteiger partial charge in [0.15, 0.2) is 0 Å². The van der Waals surface area contributed by atoms with Crippen LogP contribution in [0.2, 0.25) is 0 Å². The molecule has 0 saturated heterocycles. The molecule has 3 aromatic carbocycles. The lowest BCUT2D eigenvalue weighted by Gasteiger charge is -2.09. The summed E-state index contributed by atoms with van der Waals surface area (Å²) in [6.07, 6.45) is 0. The van der Waals surface area contributed by atoms with Crippen molar-refractivity contribution in [1.29, 1.82) is 0 Å². The first-order valence-corrected chi connectivity index (χ1v) is 8.71. The first kappa shape index (κ1) is 14.3. The van der Waals surface area contributed by atoms with Crippen LogP contribution >= 0.6 is 23.5 Å². The largest absolute Gasteiger partial charge is 0.121 e. The lowest BCUT2D eigenvalue weighted by atomic mass is 10.2. The zero-order valence-corrected chi connectivity index (χ0v) is 13.2. The van der Waals surface area contributed by atoms with Gasteiger partial charge in [0.05, 0.1) is 0 Å². The molecule has 0 nitrogen and oxygen atoms in total. The molecule has 0 atom stereocenters. The van der Waals surface area contributed by atoms with E-state index in [0.29, 0.717) is 0 Å². The van der Waals surface area contributed by atoms with Crippen molar-refractivity contribution in [2.75, 3.05) is 0 Å². The molecule has 0 amide bonds. The van der Waals surface area contributed by atoms with Gasteiger partial charge in [0.1, 0.15) is 0 Å². The molecule has 0 bridgehead atoms. The maximum Gasteiger partial charge on any atom is 0.0243 e. The Morgan fingerprint density at radius 3 is 1.86 bits per heavy atom. The third-order valence-corrected chi connectivity index (χ3v) is 5.27. The molecule has 0 fully saturated rings. The van der Waals surface area contributed by atoms with Crippen LogP contribution in [0.5, 0.6) is 0 Å². The maximum absolute atomic E-state index is 2.22. The lowest BCUT2D eigenvalue weighted by molar-refractivity contribution is 1.26. The summed E-state index contributed by atoms with van der Waals surface area (Å²) in [4.78, 5) is 3.94. The van der Waals surface area contributed by atoms with Gasteiger partial charge >= 0.3 is 0 Å². The van der Waals surface area contributed by atoms with Gasteiger partial charge in [0.25, 0.3) is 0 Å². The molecular formula is C19H16S2. The minimum absolute atomic E-state index is 1.00. The molecule has 2 heteroatoms. The topological polar surface area (TPSA) is 0 Å². The Hall–Kier alpha value is -1.64. The Labute approximate surface area is 134 Å². The van der Waals surface area contributed by atoms with Crippen molar-refractivity contribution in [1.82, 2.24) is 0 Å². The van der Waals surface area contributed by atoms with E-state index in [9.17, 15) is 0 Å². The zero-order chi connectivity index (χ0) is 14.3. The Balaban J connectivity index is 1.73. The number of hydrogen-bond acceptors (Lipinski definition) is 2. The first-order chi connectivity index (χ1) is 10.4. The second kappa shape index (κ2) is 7.39. The van der Waals surface area contributed by atoms with Gasteiger partial charge in [0, 0.05) is 20.4 Å². The highest BCUT2D eigenvalue weighted by Gasteiger charge is 2.04. The maximum atomic E-state index is 2.22. The molecule has 3 rings (SSSR count). The Bertz CT molecular complexity index is 678. The molecule has 0 N–H and O–H groups in total. The molecule has 3 aromatic rings. The van der Waals surface area contributed by atoms with Crippen molar-refractivity contribution >= 4 is 23.5 Å². The predicted octanol–water partition coefficient (Wildman–Crippen LogP) is 6.13. The second-order valence-corrected chi connectivity index (χ2v) is 6.79. The summed E-state index contributed by atoms with van der Waals surface area (Å²) in [5, 5.41) is 0. The van der Waals surface area contributed by atoms with Crippen molar-refractivity contribution in [2.45, 2.75) is 20.4 Å². The quantitative estimate of drug-likeness (QED) is 0.520. The molecule has 104 valence electrons. The summed E-state index contributed by atoms with van der Waals surface area (Å²) in [6.45, 7) is 0. The number of benzene rings is 3. The molecule has 0 aliphatic heterocycles. The van der Waals surface area contributed by atoms with E-state index >= 15 is 0 Å². The van der Waals surface area contributed by atoms with Gasteiger partial charge in [0.2, 0.25) is 0 Å². The standard InChI is InChI=1S/C19H16S2/c1-3-10-17(11-4-1)20-15-16-9-7-8-14-19(16)21-18-12-5-2-6-13-18/h1-14H,15H2. The lowest BCUT2D eigenvalue weighted by Crippen LogP contribution is -1.85. The van der Waals surface area contributed by atoms with E-state index in [0.717, 1.165) is 5.75 Å². The second-order valence-electron chi connectivity index (χ2n) is 4.62. The van der Waals surface area contributed by atoms with Crippen LogP contribution in [0.4, 0.5) is 0 Å². The van der Waals surface area contributed by atoms with Crippen molar-refractivity contribution < 1.29 is 0 Å². The van der Waals surface area contributed by atoms with Crippen LogP contribution in [0.25, 0.3) is 0 Å². The van der Waals surface area contributed by atoms with Gasteiger partial charge < -0.3 is 0 Å². The molecule has 0 radical (unpaired) electrons. The van der Waals surface area contributed by atoms with Crippen LogP contribution < -0.4 is 0 Å². The number of rotatable bonds is 5. The minimum Gasteiger partial charge on any atom is -0.121 e. The molecule has 0 spiro atoms. The third-order valence-electron chi connectivity index (χ3n) is 3.08. The van der Waals surface area contributed by atoms with Gasteiger partial charge in [-0.3, -0.25) is 0 Å². The highest BCUT2D eigenvalue weighted by Crippen LogP contribution is 2.33. The summed E-state index contributed by atoms with van der Waals surface area (Å²) >= 11 is 3.72. The molecule has 0 heterocycles. The number of hydrogen-bond donors (Lipinski definition) is 0. The van der Waals surface area contributed by atoms with E-state index in [1.165, 1.54) is 20.2 Å². The smallest absolute Gasteiger partial charge is 0.0243 e. The fourth-order valence-corrected chi connectivity index (χ4v) is 4.00. The highest BCUT2D eigenvalue weighted by molar-refractivity contribution is 8.00. The van der Waals surface area contributed by atoms with E-state index in [4.69, 9.17) is 0 Å². The van der Waals surface area contributed by atoms with E-state index in [1.807, 2.05) is 23.5 Å². The van der Waals surface area contributed by atoms with Crippen molar-refractivity contribution in [2.24, 2.45) is 0 Å². The Morgan fingerprint density at radius 1 is 0.571 bits per heavy atom. The van der Waals surface area contributed by atoms with E-state index in [-0.39, 0.29) is 0 Å². The fourth-order valence-electron chi connectivity index (χ4n) is 2.02. The average molecular weight is 308 g/mol. The molecule has 0 saturated carbocycles. The normalized spacial score (nSPS) is 10.5. The SMILES string of the molecule is c1ccc(SCc2ccccc2Sc2ccccc2)cc1. The zero-order valence-electron chi connectivity index (χ0n) is 11.6. The van der Waals surface area contributed by atoms with Crippen molar-refractivity contribution in [3.63, 3.8) is 0 Å². The van der Waals surface area contributed by atoms with Crippen LogP contribution in [0.15, 0.2) is 99.6 Å². The first-order valence-electron chi connectivity index (χ1n) is 6.90. The van der Waals surface area contributed by atoms with Crippen molar-refractivity contribution in [3.8, 4) is 0 Å². The van der Waals surface area contributed by atoms with E-state index in [1.54, 1.807) is 0 Å². The van der Waals surface area contributed by atoms with Gasteiger partial charge in [-0.05, 0) is 35.9 Å². The molecule has 0 aliphatic carbocycles. The fraction of sp³-hybridized carbons (Fsp3) is 0.0526. The van der Waals surface area contributed by atoms with Crippen LogP contribution in [-0.4, -0.2) is 0 Å². The Morgan fingerprint density at radius 2 is 1.14 bits per heavy atom. The van der Waals surface area contributed by atoms with Crippen molar-refractivity contribution in [3.05, 3.63) is 90.5 Å². The summed E-state index contributed by atoms with van der Waals surface area (Å²) in [6, 6.07) is 29.8. The van der Waals surface area contributed by atoms with Gasteiger partial charge in [-0.15, -0.1) is 11.8 Å². The van der Waals surface area contributed by atoms with E-state index < -0.39 is 0 Å². The summed E-state index contributed by atoms with van der Waals surface area (Å²) in [5.74, 6) is 1.00. The minimum atomic E-state index is 1.00. The summed E-state index contributed by atoms with van der Waals surface area (Å²) < 4.78 is 0.